The summed E-state index contributed by atoms with van der Waals surface area (Å²) in [6.07, 6.45) is -5.30. The van der Waals surface area contributed by atoms with Gasteiger partial charge in [0.15, 0.2) is 5.67 Å². The summed E-state index contributed by atoms with van der Waals surface area (Å²) in [6, 6.07) is 9.89. The molecule has 0 aromatic heterocycles. The Hall–Kier alpha value is -1.83. The Balaban J connectivity index is 1.65. The van der Waals surface area contributed by atoms with Crippen molar-refractivity contribution < 1.29 is 22.4 Å². The van der Waals surface area contributed by atoms with Crippen molar-refractivity contribution in [3.8, 4) is 0 Å². The summed E-state index contributed by atoms with van der Waals surface area (Å²) in [5, 5.41) is 6.68. The number of nitrogens with zero attached hydrogens (tertiary/aromatic N) is 1. The zero-order valence-corrected chi connectivity index (χ0v) is 15.8. The van der Waals surface area contributed by atoms with Crippen molar-refractivity contribution in [1.82, 2.24) is 5.32 Å². The molecule has 28 heavy (non-hydrogen) atoms. The largest absolute Gasteiger partial charge is 0.435 e. The van der Waals surface area contributed by atoms with Crippen molar-refractivity contribution in [2.45, 2.75) is 23.9 Å². The smallest absolute Gasteiger partial charge is 0.374 e. The monoisotopic (exact) mass is 432 g/mol. The van der Waals surface area contributed by atoms with Crippen molar-refractivity contribution in [2.75, 3.05) is 13.1 Å². The maximum absolute atomic E-state index is 14.4. The quantitative estimate of drug-likeness (QED) is 0.663. The molecule has 2 aliphatic heterocycles. The van der Waals surface area contributed by atoms with Gasteiger partial charge in [-0.15, -0.1) is 0 Å². The standard InChI is InChI=1S/C19H14Cl2F4N2O/c20-14-5-13(6-15(21)7-14)18(19(23,24)25)8-16(27-28-18)11-1-3-12(4-2-11)17(22)9-26-10-17/h1-7,26H,8-10H2/t18-/m1/s1. The van der Waals surface area contributed by atoms with Crippen LogP contribution in [0.4, 0.5) is 17.6 Å². The van der Waals surface area contributed by atoms with Crippen LogP contribution in [0, 0.1) is 0 Å². The van der Waals surface area contributed by atoms with Gasteiger partial charge in [-0.2, -0.15) is 13.2 Å². The third kappa shape index (κ3) is 3.15. The van der Waals surface area contributed by atoms with E-state index >= 15 is 0 Å². The Morgan fingerprint density at radius 1 is 0.964 bits per heavy atom. The van der Waals surface area contributed by atoms with E-state index in [1.807, 2.05) is 0 Å². The molecule has 0 amide bonds. The SMILES string of the molecule is FC1(c2ccc(C3=NO[C@](c4cc(Cl)cc(Cl)c4)(C(F)(F)F)C3)cc2)CNC1. The van der Waals surface area contributed by atoms with E-state index in [1.165, 1.54) is 18.2 Å². The lowest BCUT2D eigenvalue weighted by Crippen LogP contribution is -2.53. The predicted octanol–water partition coefficient (Wildman–Crippen LogP) is 5.34. The highest BCUT2D eigenvalue weighted by molar-refractivity contribution is 6.34. The van der Waals surface area contributed by atoms with Crippen LogP contribution in [-0.2, 0) is 16.1 Å². The van der Waals surface area contributed by atoms with Gasteiger partial charge in [-0.05, 0) is 29.3 Å². The van der Waals surface area contributed by atoms with Crippen LogP contribution in [0.15, 0.2) is 47.6 Å². The molecule has 2 aromatic rings. The van der Waals surface area contributed by atoms with Crippen molar-refractivity contribution in [1.29, 1.82) is 0 Å². The molecule has 2 aliphatic rings. The number of benzene rings is 2. The zero-order chi connectivity index (χ0) is 20.2. The van der Waals surface area contributed by atoms with E-state index in [1.54, 1.807) is 24.3 Å². The minimum Gasteiger partial charge on any atom is -0.374 e. The molecule has 1 atom stereocenters. The third-order valence-corrected chi connectivity index (χ3v) is 5.50. The molecule has 2 heterocycles. The molecule has 0 unspecified atom stereocenters. The maximum atomic E-state index is 14.4. The summed E-state index contributed by atoms with van der Waals surface area (Å²) >= 11 is 11.8. The number of nitrogens with one attached hydrogen (secondary N) is 1. The molecule has 0 bridgehead atoms. The second-order valence-corrected chi connectivity index (χ2v) is 7.81. The van der Waals surface area contributed by atoms with Crippen LogP contribution in [0.1, 0.15) is 23.1 Å². The van der Waals surface area contributed by atoms with E-state index < -0.39 is 23.9 Å². The lowest BCUT2D eigenvalue weighted by atomic mass is 9.85. The van der Waals surface area contributed by atoms with E-state index in [9.17, 15) is 17.6 Å². The van der Waals surface area contributed by atoms with Gasteiger partial charge in [-0.1, -0.05) is 52.6 Å². The Bertz CT molecular complexity index is 922. The summed E-state index contributed by atoms with van der Waals surface area (Å²) in [7, 11) is 0. The van der Waals surface area contributed by atoms with E-state index in [-0.39, 0.29) is 34.4 Å². The van der Waals surface area contributed by atoms with Gasteiger partial charge in [0, 0.05) is 35.1 Å². The summed E-state index contributed by atoms with van der Waals surface area (Å²) in [5.74, 6) is 0. The molecule has 1 fully saturated rings. The fraction of sp³-hybridized carbons (Fsp3) is 0.316. The van der Waals surface area contributed by atoms with Crippen molar-refractivity contribution >= 4 is 28.9 Å². The first-order chi connectivity index (χ1) is 13.1. The van der Waals surface area contributed by atoms with Crippen LogP contribution in [0.3, 0.4) is 0 Å². The van der Waals surface area contributed by atoms with E-state index in [0.717, 1.165) is 0 Å². The van der Waals surface area contributed by atoms with E-state index in [4.69, 9.17) is 28.0 Å². The Morgan fingerprint density at radius 2 is 1.57 bits per heavy atom. The summed E-state index contributed by atoms with van der Waals surface area (Å²) in [6.45, 7) is 0.423. The molecular weight excluding hydrogens is 419 g/mol. The maximum Gasteiger partial charge on any atom is 0.435 e. The van der Waals surface area contributed by atoms with Gasteiger partial charge in [-0.25, -0.2) is 4.39 Å². The summed E-state index contributed by atoms with van der Waals surface area (Å²) in [5.41, 5.74) is -3.35. The molecule has 0 spiro atoms. The molecule has 1 N–H and O–H groups in total. The highest BCUT2D eigenvalue weighted by atomic mass is 35.5. The minimum atomic E-state index is -4.76. The van der Waals surface area contributed by atoms with Crippen LogP contribution in [0.2, 0.25) is 10.0 Å². The van der Waals surface area contributed by atoms with Gasteiger partial charge >= 0.3 is 6.18 Å². The normalized spacial score (nSPS) is 23.7. The van der Waals surface area contributed by atoms with Gasteiger partial charge in [0.2, 0.25) is 0 Å². The van der Waals surface area contributed by atoms with Crippen LogP contribution >= 0.6 is 23.2 Å². The highest BCUT2D eigenvalue weighted by Crippen LogP contribution is 2.49. The molecule has 0 saturated carbocycles. The third-order valence-electron chi connectivity index (χ3n) is 5.06. The minimum absolute atomic E-state index is 0.0647. The average molecular weight is 433 g/mol. The van der Waals surface area contributed by atoms with Crippen molar-refractivity contribution in [3.63, 3.8) is 0 Å². The van der Waals surface area contributed by atoms with E-state index in [0.29, 0.717) is 11.1 Å². The molecule has 0 radical (unpaired) electrons. The van der Waals surface area contributed by atoms with Gasteiger partial charge < -0.3 is 10.2 Å². The van der Waals surface area contributed by atoms with E-state index in [2.05, 4.69) is 10.5 Å². The van der Waals surface area contributed by atoms with Crippen molar-refractivity contribution in [2.24, 2.45) is 5.16 Å². The van der Waals surface area contributed by atoms with Gasteiger partial charge in [0.05, 0.1) is 5.71 Å². The van der Waals surface area contributed by atoms with Gasteiger partial charge in [-0.3, -0.25) is 0 Å². The lowest BCUT2D eigenvalue weighted by Gasteiger charge is -2.35. The number of oxime groups is 1. The van der Waals surface area contributed by atoms with Gasteiger partial charge in [0.25, 0.3) is 5.60 Å². The topological polar surface area (TPSA) is 33.6 Å². The molecule has 1 saturated heterocycles. The number of halogens is 6. The molecule has 4 rings (SSSR count). The molecule has 3 nitrogen and oxygen atoms in total. The Labute approximate surface area is 168 Å². The Kier molecular flexibility index (Phi) is 4.60. The zero-order valence-electron chi connectivity index (χ0n) is 14.3. The molecule has 2 aromatic carbocycles. The number of hydrogen-bond acceptors (Lipinski definition) is 3. The second-order valence-electron chi connectivity index (χ2n) is 6.94. The summed E-state index contributed by atoms with van der Waals surface area (Å²) < 4.78 is 56.4. The molecule has 148 valence electrons. The fourth-order valence-corrected chi connectivity index (χ4v) is 3.88. The first-order valence-corrected chi connectivity index (χ1v) is 9.17. The van der Waals surface area contributed by atoms with Crippen LogP contribution < -0.4 is 5.32 Å². The fourth-order valence-electron chi connectivity index (χ4n) is 3.36. The molecular formula is C19H14Cl2F4N2O. The van der Waals surface area contributed by atoms with Crippen LogP contribution in [0.25, 0.3) is 0 Å². The van der Waals surface area contributed by atoms with Gasteiger partial charge in [0.1, 0.15) is 0 Å². The summed E-state index contributed by atoms with van der Waals surface area (Å²) in [4.78, 5) is 4.96. The Morgan fingerprint density at radius 3 is 2.07 bits per heavy atom. The first kappa shape index (κ1) is 19.5. The highest BCUT2D eigenvalue weighted by Gasteiger charge is 2.62. The predicted molar refractivity (Wildman–Crippen MR) is 98.5 cm³/mol. The molecule has 0 aliphatic carbocycles. The van der Waals surface area contributed by atoms with Crippen molar-refractivity contribution in [3.05, 3.63) is 69.2 Å². The lowest BCUT2D eigenvalue weighted by molar-refractivity contribution is -0.275. The van der Waals surface area contributed by atoms with Crippen LogP contribution in [-0.4, -0.2) is 25.0 Å². The van der Waals surface area contributed by atoms with Crippen LogP contribution in [0.5, 0.6) is 0 Å². The number of hydrogen-bond donors (Lipinski definition) is 1. The number of alkyl halides is 4. The second kappa shape index (κ2) is 6.61. The first-order valence-electron chi connectivity index (χ1n) is 8.42. The average Bonchev–Trinajstić information content (AvgIpc) is 3.06. The molecule has 9 heteroatoms. The number of rotatable bonds is 3.